The van der Waals surface area contributed by atoms with Crippen LogP contribution in [0.3, 0.4) is 0 Å². The maximum atomic E-state index is 13.1. The summed E-state index contributed by atoms with van der Waals surface area (Å²) in [6.07, 6.45) is 6.19. The van der Waals surface area contributed by atoms with Crippen LogP contribution in [0.2, 0.25) is 0 Å². The van der Waals surface area contributed by atoms with E-state index in [1.54, 1.807) is 15.5 Å². The third-order valence-electron chi connectivity index (χ3n) is 5.69. The average Bonchev–Trinajstić information content (AvgIpc) is 3.45. The summed E-state index contributed by atoms with van der Waals surface area (Å²) in [4.78, 5) is 44.0. The lowest BCUT2D eigenvalue weighted by Crippen LogP contribution is -2.39. The number of fused-ring (bicyclic) bond motifs is 1. The van der Waals surface area contributed by atoms with Crippen LogP contribution in [-0.4, -0.2) is 51.7 Å². The van der Waals surface area contributed by atoms with Crippen LogP contribution >= 0.6 is 11.8 Å². The number of hydrogen-bond acceptors (Lipinski definition) is 5. The van der Waals surface area contributed by atoms with Gasteiger partial charge in [-0.15, -0.1) is 0 Å². The summed E-state index contributed by atoms with van der Waals surface area (Å²) >= 11 is 1.27. The normalized spacial score (nSPS) is 17.2. The summed E-state index contributed by atoms with van der Waals surface area (Å²) in [6.45, 7) is 1.58. The number of para-hydroxylation sites is 1. The Labute approximate surface area is 173 Å². The molecule has 4 rings (SSSR count). The summed E-state index contributed by atoms with van der Waals surface area (Å²) in [7, 11) is 0. The Kier molecular flexibility index (Phi) is 6.18. The predicted octanol–water partition coefficient (Wildman–Crippen LogP) is 2.34. The number of amides is 2. The van der Waals surface area contributed by atoms with Crippen molar-refractivity contribution in [2.24, 2.45) is 0 Å². The van der Waals surface area contributed by atoms with Gasteiger partial charge in [0.2, 0.25) is 11.8 Å². The van der Waals surface area contributed by atoms with Crippen LogP contribution in [0.25, 0.3) is 10.9 Å². The zero-order valence-corrected chi connectivity index (χ0v) is 17.2. The Morgan fingerprint density at radius 1 is 1.10 bits per heavy atom. The van der Waals surface area contributed by atoms with Crippen LogP contribution in [0.5, 0.6) is 0 Å². The monoisotopic (exact) mass is 414 g/mol. The summed E-state index contributed by atoms with van der Waals surface area (Å²) in [6, 6.07) is 7.49. The molecule has 1 aromatic carbocycles. The number of benzene rings is 1. The van der Waals surface area contributed by atoms with Gasteiger partial charge in [-0.3, -0.25) is 19.0 Å². The van der Waals surface area contributed by atoms with Gasteiger partial charge in [0.25, 0.3) is 5.56 Å². The molecule has 1 aromatic heterocycles. The van der Waals surface area contributed by atoms with Gasteiger partial charge in [-0.25, -0.2) is 4.98 Å². The number of rotatable bonds is 6. The molecule has 2 aromatic rings. The molecule has 7 nitrogen and oxygen atoms in total. The number of carbonyl (C=O) groups excluding carboxylic acids is 2. The SMILES string of the molecule is O=C(CSc1nc2ccccc2c(=O)n1C1CCCC1)NCC(=O)N1CCCC1. The number of nitrogens with one attached hydrogen (secondary N) is 1. The van der Waals surface area contributed by atoms with E-state index in [2.05, 4.69) is 10.3 Å². The minimum Gasteiger partial charge on any atom is -0.346 e. The fraction of sp³-hybridized carbons (Fsp3) is 0.524. The lowest BCUT2D eigenvalue weighted by molar-refractivity contribution is -0.131. The predicted molar refractivity (Wildman–Crippen MR) is 113 cm³/mol. The minimum absolute atomic E-state index is 0.0278. The van der Waals surface area contributed by atoms with E-state index in [0.717, 1.165) is 51.6 Å². The van der Waals surface area contributed by atoms with Crippen LogP contribution in [0.1, 0.15) is 44.6 Å². The van der Waals surface area contributed by atoms with Crippen LogP contribution < -0.4 is 10.9 Å². The molecule has 1 saturated heterocycles. The zero-order chi connectivity index (χ0) is 20.2. The topological polar surface area (TPSA) is 84.3 Å². The Morgan fingerprint density at radius 2 is 1.83 bits per heavy atom. The van der Waals surface area contributed by atoms with Crippen molar-refractivity contribution in [2.75, 3.05) is 25.4 Å². The van der Waals surface area contributed by atoms with E-state index >= 15 is 0 Å². The van der Waals surface area contributed by atoms with Crippen molar-refractivity contribution in [3.63, 3.8) is 0 Å². The largest absolute Gasteiger partial charge is 0.346 e. The number of thioether (sulfide) groups is 1. The van der Waals surface area contributed by atoms with Crippen molar-refractivity contribution < 1.29 is 9.59 Å². The van der Waals surface area contributed by atoms with E-state index in [1.807, 2.05) is 18.2 Å². The zero-order valence-electron chi connectivity index (χ0n) is 16.4. The first kappa shape index (κ1) is 19.9. The fourth-order valence-corrected chi connectivity index (χ4v) is 5.04. The molecule has 8 heteroatoms. The molecule has 1 aliphatic heterocycles. The molecule has 2 fully saturated rings. The third kappa shape index (κ3) is 4.47. The number of hydrogen-bond donors (Lipinski definition) is 1. The highest BCUT2D eigenvalue weighted by molar-refractivity contribution is 7.99. The maximum absolute atomic E-state index is 13.1. The van der Waals surface area contributed by atoms with Crippen molar-refractivity contribution in [3.8, 4) is 0 Å². The quantitative estimate of drug-likeness (QED) is 0.579. The van der Waals surface area contributed by atoms with Crippen molar-refractivity contribution in [2.45, 2.75) is 49.7 Å². The molecule has 0 spiro atoms. The molecule has 2 heterocycles. The van der Waals surface area contributed by atoms with Crippen molar-refractivity contribution >= 4 is 34.5 Å². The highest BCUT2D eigenvalue weighted by Gasteiger charge is 2.24. The molecular weight excluding hydrogens is 388 g/mol. The van der Waals surface area contributed by atoms with Crippen molar-refractivity contribution in [1.82, 2.24) is 19.8 Å². The third-order valence-corrected chi connectivity index (χ3v) is 6.65. The molecule has 1 aliphatic carbocycles. The lowest BCUT2D eigenvalue weighted by Gasteiger charge is -2.18. The summed E-state index contributed by atoms with van der Waals surface area (Å²) in [5, 5.41) is 3.90. The number of carbonyl (C=O) groups is 2. The number of nitrogens with zero attached hydrogens (tertiary/aromatic N) is 3. The van der Waals surface area contributed by atoms with Crippen LogP contribution in [0.15, 0.2) is 34.2 Å². The summed E-state index contributed by atoms with van der Waals surface area (Å²) < 4.78 is 1.78. The maximum Gasteiger partial charge on any atom is 0.262 e. The smallest absolute Gasteiger partial charge is 0.262 e. The van der Waals surface area contributed by atoms with Gasteiger partial charge in [-0.05, 0) is 37.8 Å². The first-order valence-electron chi connectivity index (χ1n) is 10.3. The number of aromatic nitrogens is 2. The van der Waals surface area contributed by atoms with E-state index in [9.17, 15) is 14.4 Å². The van der Waals surface area contributed by atoms with Gasteiger partial charge in [-0.2, -0.15) is 0 Å². The lowest BCUT2D eigenvalue weighted by atomic mass is 10.2. The van der Waals surface area contributed by atoms with Crippen molar-refractivity contribution in [1.29, 1.82) is 0 Å². The van der Waals surface area contributed by atoms with E-state index in [1.165, 1.54) is 11.8 Å². The average molecular weight is 415 g/mol. The van der Waals surface area contributed by atoms with Gasteiger partial charge >= 0.3 is 0 Å². The molecule has 0 radical (unpaired) electrons. The summed E-state index contributed by atoms with van der Waals surface area (Å²) in [5.74, 6) is -0.124. The van der Waals surface area contributed by atoms with Crippen LogP contribution in [-0.2, 0) is 9.59 Å². The first-order chi connectivity index (χ1) is 14.1. The molecule has 1 saturated carbocycles. The molecule has 2 amide bonds. The second-order valence-corrected chi connectivity index (χ2v) is 8.62. The molecular formula is C21H26N4O3S. The van der Waals surface area contributed by atoms with Gasteiger partial charge in [0, 0.05) is 19.1 Å². The fourth-order valence-electron chi connectivity index (χ4n) is 4.15. The van der Waals surface area contributed by atoms with Gasteiger partial charge < -0.3 is 10.2 Å². The number of likely N-dealkylation sites (tertiary alicyclic amines) is 1. The second-order valence-electron chi connectivity index (χ2n) is 7.68. The van der Waals surface area contributed by atoms with E-state index in [-0.39, 0.29) is 35.7 Å². The highest BCUT2D eigenvalue weighted by Crippen LogP contribution is 2.32. The molecule has 154 valence electrons. The molecule has 29 heavy (non-hydrogen) atoms. The van der Waals surface area contributed by atoms with Gasteiger partial charge in [0.15, 0.2) is 5.16 Å². The Balaban J connectivity index is 1.46. The van der Waals surface area contributed by atoms with Gasteiger partial charge in [-0.1, -0.05) is 36.7 Å². The Morgan fingerprint density at radius 3 is 2.59 bits per heavy atom. The Hall–Kier alpha value is -2.35. The van der Waals surface area contributed by atoms with Crippen LogP contribution in [0.4, 0.5) is 0 Å². The molecule has 2 aliphatic rings. The van der Waals surface area contributed by atoms with Crippen LogP contribution in [0, 0.1) is 0 Å². The van der Waals surface area contributed by atoms with Gasteiger partial charge in [0.05, 0.1) is 23.2 Å². The second kappa shape index (κ2) is 8.98. The first-order valence-corrected chi connectivity index (χ1v) is 11.3. The standard InChI is InChI=1S/C21H26N4O3S/c26-18(22-13-19(27)24-11-5-6-12-24)14-29-21-23-17-10-4-3-9-16(17)20(28)25(21)15-7-1-2-8-15/h3-4,9-10,15H,1-2,5-8,11-14H2,(H,22,26). The minimum atomic E-state index is -0.220. The highest BCUT2D eigenvalue weighted by atomic mass is 32.2. The van der Waals surface area contributed by atoms with E-state index in [0.29, 0.717) is 16.1 Å². The van der Waals surface area contributed by atoms with Crippen molar-refractivity contribution in [3.05, 3.63) is 34.6 Å². The van der Waals surface area contributed by atoms with Gasteiger partial charge in [0.1, 0.15) is 0 Å². The molecule has 0 atom stereocenters. The molecule has 0 unspecified atom stereocenters. The summed E-state index contributed by atoms with van der Waals surface area (Å²) in [5.41, 5.74) is 0.619. The van der Waals surface area contributed by atoms with E-state index < -0.39 is 0 Å². The van der Waals surface area contributed by atoms with E-state index in [4.69, 9.17) is 0 Å². The molecule has 0 bridgehead atoms. The Bertz CT molecular complexity index is 962. The molecule has 1 N–H and O–H groups in total.